The van der Waals surface area contributed by atoms with Crippen molar-refractivity contribution in [1.82, 2.24) is 4.31 Å². The first-order valence-corrected chi connectivity index (χ1v) is 7.91. The second-order valence-electron chi connectivity index (χ2n) is 3.99. The Balaban J connectivity index is 2.30. The Kier molecular flexibility index (Phi) is 3.59. The van der Waals surface area contributed by atoms with Crippen molar-refractivity contribution >= 4 is 33.0 Å². The van der Waals surface area contributed by atoms with E-state index in [2.05, 4.69) is 0 Å². The average Bonchev–Trinajstić information content (AvgIpc) is 2.61. The van der Waals surface area contributed by atoms with Gasteiger partial charge in [-0.2, -0.15) is 4.31 Å². The van der Waals surface area contributed by atoms with Crippen LogP contribution in [0.3, 0.4) is 0 Å². The molecule has 0 amide bonds. The van der Waals surface area contributed by atoms with Crippen molar-refractivity contribution in [1.29, 1.82) is 0 Å². The summed E-state index contributed by atoms with van der Waals surface area (Å²) in [6.07, 6.45) is 3.03. The lowest BCUT2D eigenvalue weighted by Gasteiger charge is -2.25. The van der Waals surface area contributed by atoms with Crippen LogP contribution in [0.15, 0.2) is 10.3 Å². The van der Waals surface area contributed by atoms with Gasteiger partial charge in [0.2, 0.25) is 0 Å². The number of halogens is 1. The number of rotatable bonds is 2. The molecule has 0 aliphatic carbocycles. The number of thiophene rings is 1. The smallest absolute Gasteiger partial charge is 0.206 e. The molecule has 0 atom stereocenters. The molecular weight excluding hydrogens is 266 g/mol. The van der Waals surface area contributed by atoms with E-state index in [9.17, 15) is 8.42 Å². The number of aryl methyl sites for hydroxylation is 1. The highest BCUT2D eigenvalue weighted by Gasteiger charge is 2.27. The molecule has 1 fully saturated rings. The molecule has 6 heteroatoms. The summed E-state index contributed by atoms with van der Waals surface area (Å²) < 4.78 is 27.0. The summed E-state index contributed by atoms with van der Waals surface area (Å²) in [5.74, 6) is 0. The molecule has 90 valence electrons. The van der Waals surface area contributed by atoms with E-state index in [0.29, 0.717) is 21.6 Å². The Labute approximate surface area is 105 Å². The van der Waals surface area contributed by atoms with Crippen LogP contribution in [0.2, 0.25) is 4.34 Å². The molecule has 1 aliphatic rings. The minimum atomic E-state index is -3.30. The van der Waals surface area contributed by atoms with E-state index in [1.54, 1.807) is 10.4 Å². The third kappa shape index (κ3) is 2.27. The average molecular weight is 280 g/mol. The van der Waals surface area contributed by atoms with Gasteiger partial charge in [-0.15, -0.1) is 11.3 Å². The molecule has 1 aliphatic heterocycles. The van der Waals surface area contributed by atoms with Crippen LogP contribution >= 0.6 is 22.9 Å². The second-order valence-corrected chi connectivity index (χ2v) is 7.81. The zero-order valence-corrected chi connectivity index (χ0v) is 11.5. The van der Waals surface area contributed by atoms with Gasteiger partial charge in [0.25, 0.3) is 10.0 Å². The Bertz CT molecular complexity index is 456. The molecule has 0 spiro atoms. The summed E-state index contributed by atoms with van der Waals surface area (Å²) in [5, 5.41) is 0. The highest BCUT2D eigenvalue weighted by molar-refractivity contribution is 7.91. The van der Waals surface area contributed by atoms with Gasteiger partial charge in [0, 0.05) is 13.1 Å². The van der Waals surface area contributed by atoms with E-state index in [4.69, 9.17) is 11.6 Å². The fourth-order valence-corrected chi connectivity index (χ4v) is 5.17. The summed E-state index contributed by atoms with van der Waals surface area (Å²) in [6.45, 7) is 3.10. The fraction of sp³-hybridized carbons (Fsp3) is 0.600. The molecular formula is C10H14ClNO2S2. The Hall–Kier alpha value is -0.100. The largest absolute Gasteiger partial charge is 0.252 e. The van der Waals surface area contributed by atoms with Crippen LogP contribution in [0.25, 0.3) is 0 Å². The van der Waals surface area contributed by atoms with E-state index in [1.807, 2.05) is 6.92 Å². The predicted molar refractivity (Wildman–Crippen MR) is 66.7 cm³/mol. The van der Waals surface area contributed by atoms with Crippen LogP contribution in [0, 0.1) is 6.92 Å². The minimum absolute atomic E-state index is 0.372. The van der Waals surface area contributed by atoms with E-state index in [1.165, 1.54) is 0 Å². The monoisotopic (exact) mass is 279 g/mol. The van der Waals surface area contributed by atoms with E-state index in [-0.39, 0.29) is 0 Å². The first kappa shape index (κ1) is 12.4. The van der Waals surface area contributed by atoms with Crippen LogP contribution in [-0.2, 0) is 10.0 Å². The molecule has 2 heterocycles. The van der Waals surface area contributed by atoms with Gasteiger partial charge in [-0.05, 0) is 31.4 Å². The minimum Gasteiger partial charge on any atom is -0.206 e. The van der Waals surface area contributed by atoms with E-state index >= 15 is 0 Å². The van der Waals surface area contributed by atoms with Crippen molar-refractivity contribution in [2.75, 3.05) is 13.1 Å². The molecule has 0 aromatic carbocycles. The maximum atomic E-state index is 12.2. The van der Waals surface area contributed by atoms with Gasteiger partial charge in [0.05, 0.1) is 4.34 Å². The summed E-state index contributed by atoms with van der Waals surface area (Å²) in [7, 11) is -3.30. The SMILES string of the molecule is Cc1cc(S(=O)(=O)N2CCCCC2)sc1Cl. The number of sulfonamides is 1. The Morgan fingerprint density at radius 2 is 1.94 bits per heavy atom. The summed E-state index contributed by atoms with van der Waals surface area (Å²) in [4.78, 5) is 0. The Morgan fingerprint density at radius 3 is 2.44 bits per heavy atom. The zero-order valence-electron chi connectivity index (χ0n) is 9.07. The molecule has 16 heavy (non-hydrogen) atoms. The van der Waals surface area contributed by atoms with Crippen LogP contribution in [0.5, 0.6) is 0 Å². The van der Waals surface area contributed by atoms with Crippen LogP contribution in [0.4, 0.5) is 0 Å². The first-order chi connectivity index (χ1) is 7.51. The normalized spacial score (nSPS) is 18.9. The summed E-state index contributed by atoms with van der Waals surface area (Å²) in [6, 6.07) is 1.66. The van der Waals surface area contributed by atoms with Gasteiger partial charge in [-0.1, -0.05) is 18.0 Å². The topological polar surface area (TPSA) is 37.4 Å². The maximum Gasteiger partial charge on any atom is 0.252 e. The molecule has 1 aromatic rings. The third-order valence-corrected chi connectivity index (χ3v) is 6.65. The summed E-state index contributed by atoms with van der Waals surface area (Å²) >= 11 is 7.06. The zero-order chi connectivity index (χ0) is 11.8. The summed E-state index contributed by atoms with van der Waals surface area (Å²) in [5.41, 5.74) is 0.835. The van der Waals surface area contributed by atoms with Gasteiger partial charge in [0.1, 0.15) is 4.21 Å². The van der Waals surface area contributed by atoms with E-state index < -0.39 is 10.0 Å². The standard InChI is InChI=1S/C10H14ClNO2S2/c1-8-7-9(15-10(8)11)16(13,14)12-5-3-2-4-6-12/h7H,2-6H2,1H3. The lowest BCUT2D eigenvalue weighted by Crippen LogP contribution is -2.35. The molecule has 0 unspecified atom stereocenters. The van der Waals surface area contributed by atoms with E-state index in [0.717, 1.165) is 36.2 Å². The molecule has 0 radical (unpaired) electrons. The predicted octanol–water partition coefficient (Wildman–Crippen LogP) is 2.88. The molecule has 0 saturated carbocycles. The first-order valence-electron chi connectivity index (χ1n) is 5.28. The molecule has 0 N–H and O–H groups in total. The quantitative estimate of drug-likeness (QED) is 0.835. The van der Waals surface area contributed by atoms with Gasteiger partial charge >= 0.3 is 0 Å². The lowest BCUT2D eigenvalue weighted by atomic mass is 10.2. The van der Waals surface area contributed by atoms with Crippen molar-refractivity contribution in [3.8, 4) is 0 Å². The fourth-order valence-electron chi connectivity index (χ4n) is 1.79. The highest BCUT2D eigenvalue weighted by Crippen LogP contribution is 2.32. The van der Waals surface area contributed by atoms with Crippen LogP contribution in [-0.4, -0.2) is 25.8 Å². The highest BCUT2D eigenvalue weighted by atomic mass is 35.5. The van der Waals surface area contributed by atoms with Crippen molar-refractivity contribution in [3.05, 3.63) is 16.0 Å². The van der Waals surface area contributed by atoms with Crippen molar-refractivity contribution in [3.63, 3.8) is 0 Å². The Morgan fingerprint density at radius 1 is 1.31 bits per heavy atom. The molecule has 2 rings (SSSR count). The lowest BCUT2D eigenvalue weighted by molar-refractivity contribution is 0.347. The second kappa shape index (κ2) is 4.64. The number of hydrogen-bond acceptors (Lipinski definition) is 3. The number of piperidine rings is 1. The van der Waals surface area contributed by atoms with Crippen LogP contribution < -0.4 is 0 Å². The van der Waals surface area contributed by atoms with Crippen molar-refractivity contribution in [2.24, 2.45) is 0 Å². The van der Waals surface area contributed by atoms with Crippen LogP contribution in [0.1, 0.15) is 24.8 Å². The number of hydrogen-bond donors (Lipinski definition) is 0. The van der Waals surface area contributed by atoms with Gasteiger partial charge in [0.15, 0.2) is 0 Å². The van der Waals surface area contributed by atoms with Gasteiger partial charge < -0.3 is 0 Å². The number of nitrogens with zero attached hydrogens (tertiary/aromatic N) is 1. The van der Waals surface area contributed by atoms with Crippen molar-refractivity contribution in [2.45, 2.75) is 30.4 Å². The molecule has 1 aromatic heterocycles. The molecule has 3 nitrogen and oxygen atoms in total. The maximum absolute atomic E-state index is 12.2. The molecule has 0 bridgehead atoms. The van der Waals surface area contributed by atoms with Crippen molar-refractivity contribution < 1.29 is 8.42 Å². The van der Waals surface area contributed by atoms with Gasteiger partial charge in [-0.3, -0.25) is 0 Å². The third-order valence-electron chi connectivity index (χ3n) is 2.74. The molecule has 1 saturated heterocycles. The van der Waals surface area contributed by atoms with Gasteiger partial charge in [-0.25, -0.2) is 8.42 Å².